The molecule has 2 heterocycles. The average molecular weight is 293 g/mol. The fourth-order valence-corrected chi connectivity index (χ4v) is 3.21. The van der Waals surface area contributed by atoms with E-state index in [0.29, 0.717) is 17.1 Å². The zero-order chi connectivity index (χ0) is 14.3. The minimum Gasteiger partial charge on any atom is -0.306 e. The second-order valence-electron chi connectivity index (χ2n) is 5.77. The van der Waals surface area contributed by atoms with Crippen molar-refractivity contribution in [2.24, 2.45) is 5.41 Å². The van der Waals surface area contributed by atoms with Gasteiger partial charge in [0.05, 0.1) is 11.1 Å². The molecule has 2 amide bonds. The molecule has 5 heteroatoms. The number of nitrogens with zero attached hydrogens (tertiary/aromatic N) is 2. The van der Waals surface area contributed by atoms with Crippen LogP contribution in [0.3, 0.4) is 0 Å². The molecule has 2 aliphatic rings. The molecule has 0 N–H and O–H groups in total. The van der Waals surface area contributed by atoms with Crippen molar-refractivity contribution in [3.63, 3.8) is 0 Å². The Morgan fingerprint density at radius 2 is 1.70 bits per heavy atom. The molecular weight excluding hydrogens is 276 g/mol. The van der Waals surface area contributed by atoms with Crippen molar-refractivity contribution in [3.8, 4) is 0 Å². The predicted octanol–water partition coefficient (Wildman–Crippen LogP) is 2.32. The summed E-state index contributed by atoms with van der Waals surface area (Å²) in [5, 5.41) is 0.599. The zero-order valence-corrected chi connectivity index (χ0v) is 12.2. The van der Waals surface area contributed by atoms with Gasteiger partial charge >= 0.3 is 0 Å². The molecule has 1 aromatic carbocycles. The molecule has 0 aliphatic carbocycles. The fourth-order valence-electron chi connectivity index (χ4n) is 3.08. The van der Waals surface area contributed by atoms with Crippen molar-refractivity contribution in [2.45, 2.75) is 19.3 Å². The summed E-state index contributed by atoms with van der Waals surface area (Å²) in [4.78, 5) is 28.6. The van der Waals surface area contributed by atoms with Gasteiger partial charge in [-0.1, -0.05) is 11.6 Å². The SMILES string of the molecule is CN1CCC2(CC1)CC(=O)N(c1ccc(Cl)cc1)C2=O. The van der Waals surface area contributed by atoms with Crippen LogP contribution in [0.25, 0.3) is 0 Å². The van der Waals surface area contributed by atoms with Crippen molar-refractivity contribution in [1.82, 2.24) is 4.90 Å². The molecule has 0 aromatic heterocycles. The van der Waals surface area contributed by atoms with Crippen LogP contribution in [0.4, 0.5) is 5.69 Å². The van der Waals surface area contributed by atoms with Crippen LogP contribution in [0.15, 0.2) is 24.3 Å². The second-order valence-corrected chi connectivity index (χ2v) is 6.21. The van der Waals surface area contributed by atoms with E-state index in [1.807, 2.05) is 7.05 Å². The predicted molar refractivity (Wildman–Crippen MR) is 77.7 cm³/mol. The number of piperidine rings is 1. The summed E-state index contributed by atoms with van der Waals surface area (Å²) in [7, 11) is 2.05. The number of likely N-dealkylation sites (tertiary alicyclic amines) is 1. The molecule has 1 spiro atoms. The topological polar surface area (TPSA) is 40.6 Å². The molecule has 0 saturated carbocycles. The van der Waals surface area contributed by atoms with Crippen LogP contribution in [-0.4, -0.2) is 36.9 Å². The van der Waals surface area contributed by atoms with Gasteiger partial charge in [0.1, 0.15) is 0 Å². The fraction of sp³-hybridized carbons (Fsp3) is 0.467. The van der Waals surface area contributed by atoms with Gasteiger partial charge in [0.2, 0.25) is 11.8 Å². The monoisotopic (exact) mass is 292 g/mol. The van der Waals surface area contributed by atoms with E-state index >= 15 is 0 Å². The first-order chi connectivity index (χ1) is 9.52. The first-order valence-electron chi connectivity index (χ1n) is 6.83. The zero-order valence-electron chi connectivity index (χ0n) is 11.4. The Morgan fingerprint density at radius 1 is 1.10 bits per heavy atom. The molecule has 1 aromatic rings. The van der Waals surface area contributed by atoms with Crippen molar-refractivity contribution >= 4 is 29.1 Å². The summed E-state index contributed by atoms with van der Waals surface area (Å²) in [5.41, 5.74) is 0.142. The van der Waals surface area contributed by atoms with Crippen LogP contribution < -0.4 is 4.90 Å². The number of carbonyl (C=O) groups excluding carboxylic acids is 2. The first-order valence-corrected chi connectivity index (χ1v) is 7.21. The highest BCUT2D eigenvalue weighted by Crippen LogP contribution is 2.43. The third-order valence-electron chi connectivity index (χ3n) is 4.42. The van der Waals surface area contributed by atoms with Crippen LogP contribution >= 0.6 is 11.6 Å². The molecule has 106 valence electrons. The Hall–Kier alpha value is -1.39. The van der Waals surface area contributed by atoms with Crippen LogP contribution in [0, 0.1) is 5.41 Å². The number of anilines is 1. The molecule has 2 aliphatic heterocycles. The molecular formula is C15H17ClN2O2. The van der Waals surface area contributed by atoms with Crippen molar-refractivity contribution in [1.29, 1.82) is 0 Å². The van der Waals surface area contributed by atoms with Crippen molar-refractivity contribution in [3.05, 3.63) is 29.3 Å². The maximum Gasteiger partial charge on any atom is 0.240 e. The van der Waals surface area contributed by atoms with Crippen LogP contribution in [0.2, 0.25) is 5.02 Å². The van der Waals surface area contributed by atoms with Gasteiger partial charge in [-0.25, -0.2) is 0 Å². The minimum atomic E-state index is -0.483. The maximum atomic E-state index is 12.7. The highest BCUT2D eigenvalue weighted by atomic mass is 35.5. The number of halogens is 1. The second kappa shape index (κ2) is 4.86. The van der Waals surface area contributed by atoms with Gasteiger partial charge in [0.15, 0.2) is 0 Å². The number of imide groups is 1. The molecule has 0 atom stereocenters. The lowest BCUT2D eigenvalue weighted by molar-refractivity contribution is -0.127. The summed E-state index contributed by atoms with van der Waals surface area (Å²) >= 11 is 5.86. The molecule has 20 heavy (non-hydrogen) atoms. The summed E-state index contributed by atoms with van der Waals surface area (Å²) in [5.74, 6) is -0.139. The van der Waals surface area contributed by atoms with Crippen molar-refractivity contribution < 1.29 is 9.59 Å². The van der Waals surface area contributed by atoms with E-state index in [1.54, 1.807) is 24.3 Å². The lowest BCUT2D eigenvalue weighted by atomic mass is 9.77. The van der Waals surface area contributed by atoms with E-state index in [0.717, 1.165) is 25.9 Å². The molecule has 0 unspecified atom stereocenters. The standard InChI is InChI=1S/C15H17ClN2O2/c1-17-8-6-15(7-9-17)10-13(19)18(14(15)20)12-4-2-11(16)3-5-12/h2-5H,6-10H2,1H3. The maximum absolute atomic E-state index is 12.7. The van der Waals surface area contributed by atoms with Crippen LogP contribution in [0.5, 0.6) is 0 Å². The molecule has 2 fully saturated rings. The van der Waals surface area contributed by atoms with E-state index < -0.39 is 5.41 Å². The number of rotatable bonds is 1. The van der Waals surface area contributed by atoms with Gasteiger partial charge < -0.3 is 4.90 Å². The van der Waals surface area contributed by atoms with Gasteiger partial charge in [-0.15, -0.1) is 0 Å². The third-order valence-corrected chi connectivity index (χ3v) is 4.68. The third kappa shape index (κ3) is 2.13. The van der Waals surface area contributed by atoms with Gasteiger partial charge in [-0.05, 0) is 57.2 Å². The number of carbonyl (C=O) groups is 2. The van der Waals surface area contributed by atoms with Gasteiger partial charge in [0, 0.05) is 11.4 Å². The van der Waals surface area contributed by atoms with E-state index in [9.17, 15) is 9.59 Å². The number of hydrogen-bond donors (Lipinski definition) is 0. The van der Waals surface area contributed by atoms with Crippen LogP contribution in [0.1, 0.15) is 19.3 Å². The normalized spacial score (nSPS) is 22.8. The number of hydrogen-bond acceptors (Lipinski definition) is 3. The van der Waals surface area contributed by atoms with Gasteiger partial charge in [0.25, 0.3) is 0 Å². The Kier molecular flexibility index (Phi) is 3.30. The Bertz CT molecular complexity index is 547. The Balaban J connectivity index is 1.89. The number of benzene rings is 1. The minimum absolute atomic E-state index is 0.0436. The Morgan fingerprint density at radius 3 is 2.30 bits per heavy atom. The summed E-state index contributed by atoms with van der Waals surface area (Å²) in [6.07, 6.45) is 1.86. The smallest absolute Gasteiger partial charge is 0.240 e. The summed E-state index contributed by atoms with van der Waals surface area (Å²) in [6.45, 7) is 1.74. The van der Waals surface area contributed by atoms with Crippen LogP contribution in [-0.2, 0) is 9.59 Å². The highest BCUT2D eigenvalue weighted by Gasteiger charge is 2.52. The lowest BCUT2D eigenvalue weighted by Gasteiger charge is -2.35. The largest absolute Gasteiger partial charge is 0.306 e. The molecule has 0 bridgehead atoms. The highest BCUT2D eigenvalue weighted by molar-refractivity contribution is 6.30. The van der Waals surface area contributed by atoms with Gasteiger partial charge in [-0.2, -0.15) is 0 Å². The lowest BCUT2D eigenvalue weighted by Crippen LogP contribution is -2.43. The molecule has 0 radical (unpaired) electrons. The van der Waals surface area contributed by atoms with Crippen molar-refractivity contribution in [2.75, 3.05) is 25.0 Å². The van der Waals surface area contributed by atoms with E-state index in [-0.39, 0.29) is 11.8 Å². The van der Waals surface area contributed by atoms with E-state index in [2.05, 4.69) is 4.90 Å². The molecule has 4 nitrogen and oxygen atoms in total. The first kappa shape index (κ1) is 13.6. The molecule has 2 saturated heterocycles. The van der Waals surface area contributed by atoms with E-state index in [1.165, 1.54) is 4.90 Å². The van der Waals surface area contributed by atoms with Gasteiger partial charge in [-0.3, -0.25) is 14.5 Å². The number of amides is 2. The average Bonchev–Trinajstić information content (AvgIpc) is 2.67. The molecule has 3 rings (SSSR count). The summed E-state index contributed by atoms with van der Waals surface area (Å²) in [6, 6.07) is 6.87. The van der Waals surface area contributed by atoms with E-state index in [4.69, 9.17) is 11.6 Å². The summed E-state index contributed by atoms with van der Waals surface area (Å²) < 4.78 is 0. The Labute approximate surface area is 123 Å². The quantitative estimate of drug-likeness (QED) is 0.746.